The van der Waals surface area contributed by atoms with Crippen LogP contribution in [0.2, 0.25) is 0 Å². The van der Waals surface area contributed by atoms with E-state index in [0.717, 1.165) is 0 Å². The number of nitrogens with one attached hydrogen (secondary N) is 2. The minimum atomic E-state index is -0.843. The standard InChI is InChI=1S/C18H9N11/c19-2-1-3-25-18-15(24)16-9(26-11(5-20)13(7-22)28-16)4-10-17(18)29-14(8-23)12(6-21)27-10/h1,3-4,9,18,25,27H,24H2/b3-1+/t9?,18-/m1/s1. The molecule has 11 heteroatoms. The van der Waals surface area contributed by atoms with Crippen molar-refractivity contribution >= 4 is 17.1 Å². The Labute approximate surface area is 164 Å². The smallest absolute Gasteiger partial charge is 0.177 e. The summed E-state index contributed by atoms with van der Waals surface area (Å²) in [6, 6.07) is 7.50. The summed E-state index contributed by atoms with van der Waals surface area (Å²) in [4.78, 5) is 12.7. The molecule has 1 unspecified atom stereocenters. The molecule has 0 aromatic rings. The Hall–Kier alpha value is -5.18. The Morgan fingerprint density at radius 2 is 1.79 bits per heavy atom. The number of fused-ring (bicyclic) bond motifs is 2. The first-order valence-electron chi connectivity index (χ1n) is 7.97. The summed E-state index contributed by atoms with van der Waals surface area (Å²) >= 11 is 0. The van der Waals surface area contributed by atoms with E-state index in [1.54, 1.807) is 6.08 Å². The second-order valence-corrected chi connectivity index (χ2v) is 5.66. The molecule has 0 spiro atoms. The Morgan fingerprint density at radius 1 is 1.03 bits per heavy atom. The molecule has 0 aromatic carbocycles. The molecule has 0 amide bonds. The Morgan fingerprint density at radius 3 is 2.41 bits per heavy atom. The molecule has 0 fully saturated rings. The zero-order valence-electron chi connectivity index (χ0n) is 14.5. The molecule has 4 N–H and O–H groups in total. The van der Waals surface area contributed by atoms with E-state index in [1.165, 1.54) is 12.3 Å². The monoisotopic (exact) mass is 379 g/mol. The van der Waals surface area contributed by atoms with Crippen molar-refractivity contribution in [2.24, 2.45) is 20.7 Å². The minimum Gasteiger partial charge on any atom is -0.398 e. The molecule has 2 atom stereocenters. The third-order valence-corrected chi connectivity index (χ3v) is 4.06. The van der Waals surface area contributed by atoms with Gasteiger partial charge in [-0.3, -0.25) is 4.99 Å². The molecule has 0 radical (unpaired) electrons. The van der Waals surface area contributed by atoms with Crippen LogP contribution in [0.25, 0.3) is 0 Å². The van der Waals surface area contributed by atoms with E-state index in [9.17, 15) is 21.0 Å². The normalized spacial score (nSPS) is 22.4. The van der Waals surface area contributed by atoms with Crippen molar-refractivity contribution in [3.63, 3.8) is 0 Å². The third-order valence-electron chi connectivity index (χ3n) is 4.06. The van der Waals surface area contributed by atoms with Crippen molar-refractivity contribution in [2.75, 3.05) is 0 Å². The highest BCUT2D eigenvalue weighted by Crippen LogP contribution is 2.28. The first kappa shape index (κ1) is 18.6. The molecule has 0 saturated heterocycles. The molecule has 29 heavy (non-hydrogen) atoms. The lowest BCUT2D eigenvalue weighted by Crippen LogP contribution is -2.43. The highest BCUT2D eigenvalue weighted by atomic mass is 15.1. The Bertz CT molecular complexity index is 1220. The van der Waals surface area contributed by atoms with E-state index in [1.807, 2.05) is 30.3 Å². The molecule has 1 aliphatic carbocycles. The van der Waals surface area contributed by atoms with Crippen LogP contribution in [0.15, 0.2) is 61.8 Å². The zero-order chi connectivity index (χ0) is 21.0. The van der Waals surface area contributed by atoms with Gasteiger partial charge in [0.2, 0.25) is 0 Å². The number of nitrogens with zero attached hydrogens (tertiary/aromatic N) is 8. The van der Waals surface area contributed by atoms with Crippen LogP contribution in [-0.4, -0.2) is 29.2 Å². The van der Waals surface area contributed by atoms with Crippen molar-refractivity contribution in [1.82, 2.24) is 10.6 Å². The van der Waals surface area contributed by atoms with Gasteiger partial charge in [-0.15, -0.1) is 0 Å². The maximum atomic E-state index is 9.30. The van der Waals surface area contributed by atoms with Crippen molar-refractivity contribution in [3.8, 4) is 30.3 Å². The van der Waals surface area contributed by atoms with Crippen LogP contribution in [-0.2, 0) is 0 Å². The number of hydrogen-bond donors (Lipinski definition) is 3. The SMILES string of the molecule is N#C/C=C/N[C@H]1C2=NC(C#N)=C(C#N)NC2=CC2N=C(C#N)C(C#N)=NC2=C1N. The zero-order valence-corrected chi connectivity index (χ0v) is 14.5. The van der Waals surface area contributed by atoms with Gasteiger partial charge in [-0.2, -0.15) is 26.3 Å². The van der Waals surface area contributed by atoms with Gasteiger partial charge in [0.1, 0.15) is 36.4 Å². The molecule has 0 aromatic heterocycles. The van der Waals surface area contributed by atoms with Crippen LogP contribution in [0, 0.1) is 56.7 Å². The summed E-state index contributed by atoms with van der Waals surface area (Å²) in [6.45, 7) is 0. The molecular weight excluding hydrogens is 370 g/mol. The Balaban J connectivity index is 2.26. The average molecular weight is 379 g/mol. The lowest BCUT2D eigenvalue weighted by molar-refractivity contribution is 0.783. The van der Waals surface area contributed by atoms with Crippen LogP contribution >= 0.6 is 0 Å². The summed E-state index contributed by atoms with van der Waals surface area (Å²) < 4.78 is 0. The van der Waals surface area contributed by atoms with Gasteiger partial charge in [-0.05, 0) is 6.08 Å². The van der Waals surface area contributed by atoms with Crippen LogP contribution in [0.4, 0.5) is 0 Å². The first-order chi connectivity index (χ1) is 14.1. The molecular formula is C18H9N11. The quantitative estimate of drug-likeness (QED) is 0.539. The number of aliphatic imine (C=N–C) groups is 3. The van der Waals surface area contributed by atoms with E-state index < -0.39 is 12.1 Å². The summed E-state index contributed by atoms with van der Waals surface area (Å²) in [5, 5.41) is 51.5. The van der Waals surface area contributed by atoms with E-state index in [4.69, 9.17) is 11.0 Å². The van der Waals surface area contributed by atoms with Gasteiger partial charge < -0.3 is 16.4 Å². The number of nitrogens with two attached hydrogens (primary N) is 1. The number of hydrogen-bond acceptors (Lipinski definition) is 11. The van der Waals surface area contributed by atoms with Crippen LogP contribution < -0.4 is 16.4 Å². The van der Waals surface area contributed by atoms with Gasteiger partial charge in [0, 0.05) is 12.3 Å². The molecule has 3 aliphatic rings. The fourth-order valence-corrected chi connectivity index (χ4v) is 2.82. The summed E-state index contributed by atoms with van der Waals surface area (Å²) in [5.41, 5.74) is 6.74. The fraction of sp³-hybridized carbons (Fsp3) is 0.111. The Kier molecular flexibility index (Phi) is 4.87. The van der Waals surface area contributed by atoms with E-state index in [2.05, 4.69) is 25.6 Å². The van der Waals surface area contributed by atoms with E-state index in [-0.39, 0.29) is 39.9 Å². The lowest BCUT2D eigenvalue weighted by Gasteiger charge is -2.24. The number of rotatable bonds is 2. The van der Waals surface area contributed by atoms with E-state index >= 15 is 0 Å². The molecule has 0 bridgehead atoms. The molecule has 136 valence electrons. The molecule has 3 rings (SSSR count). The van der Waals surface area contributed by atoms with Gasteiger partial charge in [-0.25, -0.2) is 9.98 Å². The van der Waals surface area contributed by atoms with Crippen molar-refractivity contribution in [2.45, 2.75) is 12.1 Å². The van der Waals surface area contributed by atoms with Gasteiger partial charge in [-0.1, -0.05) is 0 Å². The molecule has 0 saturated carbocycles. The van der Waals surface area contributed by atoms with Crippen molar-refractivity contribution in [3.05, 3.63) is 46.8 Å². The number of allylic oxidation sites excluding steroid dienone is 3. The summed E-state index contributed by atoms with van der Waals surface area (Å²) in [6.07, 6.45) is 4.08. The van der Waals surface area contributed by atoms with E-state index in [0.29, 0.717) is 5.70 Å². The fourth-order valence-electron chi connectivity index (χ4n) is 2.82. The largest absolute Gasteiger partial charge is 0.398 e. The van der Waals surface area contributed by atoms with Gasteiger partial charge in [0.25, 0.3) is 0 Å². The maximum absolute atomic E-state index is 9.30. The number of nitriles is 5. The van der Waals surface area contributed by atoms with Crippen LogP contribution in [0.5, 0.6) is 0 Å². The summed E-state index contributed by atoms with van der Waals surface area (Å²) in [7, 11) is 0. The lowest BCUT2D eigenvalue weighted by atomic mass is 10.0. The third kappa shape index (κ3) is 3.17. The maximum Gasteiger partial charge on any atom is 0.177 e. The molecule has 2 heterocycles. The minimum absolute atomic E-state index is 0.0580. The van der Waals surface area contributed by atoms with Crippen molar-refractivity contribution < 1.29 is 0 Å². The van der Waals surface area contributed by atoms with Gasteiger partial charge >= 0.3 is 0 Å². The predicted molar refractivity (Wildman–Crippen MR) is 99.7 cm³/mol. The second kappa shape index (κ2) is 7.60. The highest BCUT2D eigenvalue weighted by Gasteiger charge is 2.36. The first-order valence-corrected chi connectivity index (χ1v) is 7.97. The molecule has 11 nitrogen and oxygen atoms in total. The molecule has 2 aliphatic heterocycles. The second-order valence-electron chi connectivity index (χ2n) is 5.66. The van der Waals surface area contributed by atoms with Gasteiger partial charge in [0.05, 0.1) is 28.9 Å². The van der Waals surface area contributed by atoms with Gasteiger partial charge in [0.15, 0.2) is 22.8 Å². The topological polar surface area (TPSA) is 206 Å². The van der Waals surface area contributed by atoms with Crippen LogP contribution in [0.3, 0.4) is 0 Å². The highest BCUT2D eigenvalue weighted by molar-refractivity contribution is 6.54. The van der Waals surface area contributed by atoms with Crippen molar-refractivity contribution in [1.29, 1.82) is 26.3 Å². The van der Waals surface area contributed by atoms with Crippen LogP contribution in [0.1, 0.15) is 0 Å². The summed E-state index contributed by atoms with van der Waals surface area (Å²) in [5.74, 6) is 0. The predicted octanol–water partition coefficient (Wildman–Crippen LogP) is -0.336. The average Bonchev–Trinajstić information content (AvgIpc) is 2.85.